The fourth-order valence-electron chi connectivity index (χ4n) is 2.41. The third kappa shape index (κ3) is 5.62. The van der Waals surface area contributed by atoms with Crippen LogP contribution in [0.5, 0.6) is 0 Å². The van der Waals surface area contributed by atoms with Crippen LogP contribution in [0.2, 0.25) is 0 Å². The number of hydrazine groups is 1. The third-order valence-electron chi connectivity index (χ3n) is 3.65. The average molecular weight is 445 g/mol. The van der Waals surface area contributed by atoms with Crippen LogP contribution in [0.15, 0.2) is 24.3 Å². The van der Waals surface area contributed by atoms with E-state index in [2.05, 4.69) is 33.4 Å². The number of amides is 2. The van der Waals surface area contributed by atoms with Crippen LogP contribution in [0, 0.1) is 3.57 Å². The summed E-state index contributed by atoms with van der Waals surface area (Å²) in [4.78, 5) is 25.9. The number of hydrogen-bond acceptors (Lipinski definition) is 4. The normalized spacial score (nSPS) is 15.9. The summed E-state index contributed by atoms with van der Waals surface area (Å²) in [7, 11) is 0. The van der Waals surface area contributed by atoms with E-state index in [9.17, 15) is 9.59 Å². The molecule has 1 aromatic rings. The summed E-state index contributed by atoms with van der Waals surface area (Å²) in [6, 6.07) is 7.59. The van der Waals surface area contributed by atoms with Crippen LogP contribution in [0.4, 0.5) is 4.79 Å². The van der Waals surface area contributed by atoms with Gasteiger partial charge in [-0.25, -0.2) is 10.2 Å². The highest BCUT2D eigenvalue weighted by Crippen LogP contribution is 2.15. The van der Waals surface area contributed by atoms with E-state index in [4.69, 9.17) is 4.74 Å². The lowest BCUT2D eigenvalue weighted by Gasteiger charge is -2.33. The van der Waals surface area contributed by atoms with Crippen LogP contribution >= 0.6 is 22.6 Å². The monoisotopic (exact) mass is 445 g/mol. The standard InChI is InChI=1S/C17H24IN3O3/c1-17(2,3)24-16(23)21-10-8-12(9-11-21)19-20-15(22)13-6-4-5-7-14(13)18/h4-7,12,19H,8-11H2,1-3H3,(H,20,22). The van der Waals surface area contributed by atoms with Gasteiger partial charge in [-0.15, -0.1) is 0 Å². The summed E-state index contributed by atoms with van der Waals surface area (Å²) in [6.45, 7) is 6.82. The minimum Gasteiger partial charge on any atom is -0.444 e. The van der Waals surface area contributed by atoms with Gasteiger partial charge in [0, 0.05) is 22.7 Å². The predicted molar refractivity (Wildman–Crippen MR) is 101 cm³/mol. The first-order valence-electron chi connectivity index (χ1n) is 8.04. The van der Waals surface area contributed by atoms with Crippen molar-refractivity contribution in [3.05, 3.63) is 33.4 Å². The van der Waals surface area contributed by atoms with Gasteiger partial charge in [-0.2, -0.15) is 0 Å². The smallest absolute Gasteiger partial charge is 0.410 e. The molecule has 1 heterocycles. The Hall–Kier alpha value is -1.35. The van der Waals surface area contributed by atoms with Crippen molar-refractivity contribution in [1.29, 1.82) is 0 Å². The van der Waals surface area contributed by atoms with Crippen LogP contribution < -0.4 is 10.9 Å². The fraction of sp³-hybridized carbons (Fsp3) is 0.529. The largest absolute Gasteiger partial charge is 0.444 e. The number of rotatable bonds is 3. The van der Waals surface area contributed by atoms with Crippen LogP contribution in [0.25, 0.3) is 0 Å². The van der Waals surface area contributed by atoms with E-state index in [0.717, 1.165) is 16.4 Å². The molecule has 24 heavy (non-hydrogen) atoms. The van der Waals surface area contributed by atoms with Crippen LogP contribution in [0.1, 0.15) is 44.0 Å². The number of nitrogens with zero attached hydrogens (tertiary/aromatic N) is 1. The summed E-state index contributed by atoms with van der Waals surface area (Å²) in [5.41, 5.74) is 6.01. The Balaban J connectivity index is 1.76. The molecule has 0 aromatic heterocycles. The molecule has 0 spiro atoms. The van der Waals surface area contributed by atoms with Crippen molar-refractivity contribution in [2.75, 3.05) is 13.1 Å². The second-order valence-corrected chi connectivity index (χ2v) is 7.98. The molecule has 2 N–H and O–H groups in total. The second-order valence-electron chi connectivity index (χ2n) is 6.82. The SMILES string of the molecule is CC(C)(C)OC(=O)N1CCC(NNC(=O)c2ccccc2I)CC1. The quantitative estimate of drug-likeness (QED) is 0.555. The second kappa shape index (κ2) is 8.15. The van der Waals surface area contributed by atoms with Crippen molar-refractivity contribution < 1.29 is 14.3 Å². The Labute approximate surface area is 156 Å². The molecule has 132 valence electrons. The predicted octanol–water partition coefficient (Wildman–Crippen LogP) is 2.93. The summed E-state index contributed by atoms with van der Waals surface area (Å²) in [5.74, 6) is -0.144. The zero-order valence-corrected chi connectivity index (χ0v) is 16.4. The van der Waals surface area contributed by atoms with E-state index in [0.29, 0.717) is 18.7 Å². The number of benzene rings is 1. The maximum Gasteiger partial charge on any atom is 0.410 e. The Morgan fingerprint density at radius 1 is 1.21 bits per heavy atom. The van der Waals surface area contributed by atoms with Crippen LogP contribution in [0.3, 0.4) is 0 Å². The molecule has 6 nitrogen and oxygen atoms in total. The van der Waals surface area contributed by atoms with Gasteiger partial charge in [0.15, 0.2) is 0 Å². The Morgan fingerprint density at radius 2 is 1.83 bits per heavy atom. The van der Waals surface area contributed by atoms with E-state index in [1.165, 1.54) is 0 Å². The number of hydrogen-bond donors (Lipinski definition) is 2. The van der Waals surface area contributed by atoms with Crippen LogP contribution in [-0.4, -0.2) is 41.6 Å². The van der Waals surface area contributed by atoms with Crippen molar-refractivity contribution in [2.24, 2.45) is 0 Å². The lowest BCUT2D eigenvalue weighted by Crippen LogP contribution is -2.51. The highest BCUT2D eigenvalue weighted by molar-refractivity contribution is 14.1. The van der Waals surface area contributed by atoms with Gasteiger partial charge in [-0.05, 0) is 68.3 Å². The lowest BCUT2D eigenvalue weighted by atomic mass is 10.1. The summed E-state index contributed by atoms with van der Waals surface area (Å²) >= 11 is 2.14. The van der Waals surface area contributed by atoms with E-state index in [1.807, 2.05) is 39.0 Å². The molecule has 0 saturated carbocycles. The van der Waals surface area contributed by atoms with Gasteiger partial charge < -0.3 is 9.64 Å². The van der Waals surface area contributed by atoms with Gasteiger partial charge in [-0.3, -0.25) is 10.2 Å². The average Bonchev–Trinajstić information content (AvgIpc) is 2.52. The number of nitrogens with one attached hydrogen (secondary N) is 2. The molecular weight excluding hydrogens is 421 g/mol. The van der Waals surface area contributed by atoms with Gasteiger partial charge in [0.2, 0.25) is 0 Å². The van der Waals surface area contributed by atoms with Crippen molar-refractivity contribution in [1.82, 2.24) is 15.8 Å². The first-order valence-corrected chi connectivity index (χ1v) is 9.12. The first kappa shape index (κ1) is 19.0. The summed E-state index contributed by atoms with van der Waals surface area (Å²) in [6.07, 6.45) is 1.26. The van der Waals surface area contributed by atoms with Crippen molar-refractivity contribution in [2.45, 2.75) is 45.3 Å². The van der Waals surface area contributed by atoms with E-state index < -0.39 is 5.60 Å². The highest BCUT2D eigenvalue weighted by Gasteiger charge is 2.27. The highest BCUT2D eigenvalue weighted by atomic mass is 127. The third-order valence-corrected chi connectivity index (χ3v) is 4.60. The number of carbonyl (C=O) groups is 2. The van der Waals surface area contributed by atoms with Crippen molar-refractivity contribution in [3.8, 4) is 0 Å². The molecule has 1 fully saturated rings. The summed E-state index contributed by atoms with van der Waals surface area (Å²) in [5, 5.41) is 0. The zero-order chi connectivity index (χ0) is 17.7. The number of ether oxygens (including phenoxy) is 1. The minimum absolute atomic E-state index is 0.144. The van der Waals surface area contributed by atoms with E-state index in [1.54, 1.807) is 11.0 Å². The molecule has 2 amide bonds. The molecular formula is C17H24IN3O3. The maximum absolute atomic E-state index is 12.2. The van der Waals surface area contributed by atoms with Gasteiger partial charge in [0.1, 0.15) is 5.60 Å². The Morgan fingerprint density at radius 3 is 2.42 bits per heavy atom. The van der Waals surface area contributed by atoms with Gasteiger partial charge in [-0.1, -0.05) is 12.1 Å². The molecule has 1 aromatic carbocycles. The zero-order valence-electron chi connectivity index (χ0n) is 14.3. The van der Waals surface area contributed by atoms with Crippen molar-refractivity contribution in [3.63, 3.8) is 0 Å². The van der Waals surface area contributed by atoms with E-state index >= 15 is 0 Å². The fourth-order valence-corrected chi connectivity index (χ4v) is 3.05. The number of carbonyl (C=O) groups excluding carboxylic acids is 2. The van der Waals surface area contributed by atoms with Gasteiger partial charge >= 0.3 is 6.09 Å². The number of piperidine rings is 1. The molecule has 0 radical (unpaired) electrons. The molecule has 2 rings (SSSR count). The molecule has 1 saturated heterocycles. The molecule has 1 aliphatic heterocycles. The molecule has 7 heteroatoms. The molecule has 0 unspecified atom stereocenters. The minimum atomic E-state index is -0.479. The lowest BCUT2D eigenvalue weighted by molar-refractivity contribution is 0.0193. The van der Waals surface area contributed by atoms with Gasteiger partial charge in [0.25, 0.3) is 5.91 Å². The Bertz CT molecular complexity index is 593. The molecule has 0 aliphatic carbocycles. The van der Waals surface area contributed by atoms with Crippen molar-refractivity contribution >= 4 is 34.6 Å². The maximum atomic E-state index is 12.2. The topological polar surface area (TPSA) is 70.7 Å². The molecule has 0 bridgehead atoms. The summed E-state index contributed by atoms with van der Waals surface area (Å²) < 4.78 is 6.29. The van der Waals surface area contributed by atoms with Crippen LogP contribution in [-0.2, 0) is 4.74 Å². The molecule has 1 aliphatic rings. The van der Waals surface area contributed by atoms with E-state index in [-0.39, 0.29) is 18.0 Å². The number of halogens is 1. The Kier molecular flexibility index (Phi) is 6.45. The molecule has 0 atom stereocenters. The number of likely N-dealkylation sites (tertiary alicyclic amines) is 1. The van der Waals surface area contributed by atoms with Gasteiger partial charge in [0.05, 0.1) is 5.56 Å². The first-order chi connectivity index (χ1) is 11.3.